The molecule has 1 amide bonds. The number of carbonyl (C=O) groups is 1. The zero-order chi connectivity index (χ0) is 14.4. The number of piperidine rings is 1. The van der Waals surface area contributed by atoms with E-state index in [2.05, 4.69) is 29.0 Å². The molecule has 0 unspecified atom stereocenters. The van der Waals surface area contributed by atoms with Crippen LogP contribution in [-0.2, 0) is 11.2 Å². The van der Waals surface area contributed by atoms with Crippen LogP contribution >= 0.6 is 0 Å². The molecule has 0 aromatic carbocycles. The molecule has 0 bridgehead atoms. The van der Waals surface area contributed by atoms with Crippen LogP contribution in [0.4, 0.5) is 0 Å². The van der Waals surface area contributed by atoms with E-state index in [9.17, 15) is 4.79 Å². The van der Waals surface area contributed by atoms with Gasteiger partial charge in [0.25, 0.3) is 0 Å². The van der Waals surface area contributed by atoms with Crippen LogP contribution in [0.2, 0.25) is 0 Å². The van der Waals surface area contributed by atoms with E-state index in [-0.39, 0.29) is 11.8 Å². The predicted octanol–water partition coefficient (Wildman–Crippen LogP) is 1.86. The first kappa shape index (κ1) is 15.0. The Morgan fingerprint density at radius 3 is 2.60 bits per heavy atom. The minimum absolute atomic E-state index is 0.197. The van der Waals surface area contributed by atoms with E-state index < -0.39 is 0 Å². The van der Waals surface area contributed by atoms with Crippen molar-refractivity contribution in [3.8, 4) is 0 Å². The first-order valence-electron chi connectivity index (χ1n) is 7.57. The van der Waals surface area contributed by atoms with Gasteiger partial charge in [0.1, 0.15) is 0 Å². The van der Waals surface area contributed by atoms with Gasteiger partial charge in [-0.2, -0.15) is 0 Å². The molecule has 110 valence electrons. The maximum atomic E-state index is 12.1. The predicted molar refractivity (Wildman–Crippen MR) is 80.4 cm³/mol. The molecule has 0 atom stereocenters. The highest BCUT2D eigenvalue weighted by molar-refractivity contribution is 5.78. The number of carbonyl (C=O) groups excluding carboxylic acids is 1. The van der Waals surface area contributed by atoms with Gasteiger partial charge < -0.3 is 10.2 Å². The van der Waals surface area contributed by atoms with Crippen LogP contribution in [0.5, 0.6) is 0 Å². The Bertz CT molecular complexity index is 411. The summed E-state index contributed by atoms with van der Waals surface area (Å²) in [6, 6.07) is 4.58. The molecule has 0 aliphatic carbocycles. The highest BCUT2D eigenvalue weighted by Crippen LogP contribution is 2.18. The zero-order valence-electron chi connectivity index (χ0n) is 12.5. The van der Waals surface area contributed by atoms with E-state index in [0.717, 1.165) is 32.4 Å². The quantitative estimate of drug-likeness (QED) is 0.892. The Balaban J connectivity index is 1.68. The number of nitrogens with one attached hydrogen (secondary N) is 1. The molecule has 1 aliphatic rings. The van der Waals surface area contributed by atoms with E-state index in [1.54, 1.807) is 12.4 Å². The number of hydrogen-bond acceptors (Lipinski definition) is 3. The summed E-state index contributed by atoms with van der Waals surface area (Å²) in [6.07, 6.45) is 6.43. The summed E-state index contributed by atoms with van der Waals surface area (Å²) < 4.78 is 0. The number of pyridine rings is 1. The van der Waals surface area contributed by atoms with Crippen molar-refractivity contribution < 1.29 is 4.79 Å². The second kappa shape index (κ2) is 7.39. The molecule has 1 aromatic rings. The van der Waals surface area contributed by atoms with Crippen molar-refractivity contribution >= 4 is 5.91 Å². The number of likely N-dealkylation sites (tertiary alicyclic amines) is 1. The van der Waals surface area contributed by atoms with Crippen LogP contribution in [0, 0.1) is 5.92 Å². The Hall–Kier alpha value is -1.42. The molecule has 2 heterocycles. The minimum Gasteiger partial charge on any atom is -0.356 e. The molecule has 1 saturated heterocycles. The normalized spacial score (nSPS) is 17.4. The molecule has 0 spiro atoms. The molecule has 4 nitrogen and oxygen atoms in total. The fourth-order valence-electron chi connectivity index (χ4n) is 2.70. The second-order valence-electron chi connectivity index (χ2n) is 5.80. The number of aromatic nitrogens is 1. The highest BCUT2D eigenvalue weighted by atomic mass is 16.1. The SMILES string of the molecule is CC(C)N1CCC(C(=O)NCCc2ccncc2)CC1. The van der Waals surface area contributed by atoms with Gasteiger partial charge in [-0.25, -0.2) is 0 Å². The number of rotatable bonds is 5. The lowest BCUT2D eigenvalue weighted by Crippen LogP contribution is -2.43. The highest BCUT2D eigenvalue weighted by Gasteiger charge is 2.25. The van der Waals surface area contributed by atoms with Crippen molar-refractivity contribution in [2.45, 2.75) is 39.2 Å². The zero-order valence-corrected chi connectivity index (χ0v) is 12.5. The van der Waals surface area contributed by atoms with Crippen LogP contribution < -0.4 is 5.32 Å². The number of amides is 1. The van der Waals surface area contributed by atoms with Crippen molar-refractivity contribution in [3.05, 3.63) is 30.1 Å². The summed E-state index contributed by atoms with van der Waals surface area (Å²) in [4.78, 5) is 18.6. The molecule has 0 saturated carbocycles. The van der Waals surface area contributed by atoms with Crippen molar-refractivity contribution in [2.75, 3.05) is 19.6 Å². The van der Waals surface area contributed by atoms with Gasteiger partial charge in [0.05, 0.1) is 0 Å². The van der Waals surface area contributed by atoms with Gasteiger partial charge in [0, 0.05) is 30.9 Å². The van der Waals surface area contributed by atoms with Crippen LogP contribution in [0.3, 0.4) is 0 Å². The summed E-state index contributed by atoms with van der Waals surface area (Å²) in [7, 11) is 0. The molecule has 1 aromatic heterocycles. The van der Waals surface area contributed by atoms with E-state index in [4.69, 9.17) is 0 Å². The largest absolute Gasteiger partial charge is 0.356 e. The maximum absolute atomic E-state index is 12.1. The summed E-state index contributed by atoms with van der Waals surface area (Å²) >= 11 is 0. The lowest BCUT2D eigenvalue weighted by molar-refractivity contribution is -0.126. The van der Waals surface area contributed by atoms with Crippen molar-refractivity contribution in [1.82, 2.24) is 15.2 Å². The van der Waals surface area contributed by atoms with Gasteiger partial charge in [-0.1, -0.05) is 0 Å². The molecular formula is C16H25N3O. The van der Waals surface area contributed by atoms with Gasteiger partial charge >= 0.3 is 0 Å². The van der Waals surface area contributed by atoms with Crippen LogP contribution in [0.1, 0.15) is 32.3 Å². The molecule has 1 aliphatic heterocycles. The monoisotopic (exact) mass is 275 g/mol. The van der Waals surface area contributed by atoms with E-state index in [0.29, 0.717) is 12.6 Å². The van der Waals surface area contributed by atoms with Crippen LogP contribution in [-0.4, -0.2) is 41.5 Å². The standard InChI is InChI=1S/C16H25N3O/c1-13(2)19-11-6-15(7-12-19)16(20)18-10-5-14-3-8-17-9-4-14/h3-4,8-9,13,15H,5-7,10-12H2,1-2H3,(H,18,20). The van der Waals surface area contributed by atoms with E-state index in [1.165, 1.54) is 5.56 Å². The summed E-state index contributed by atoms with van der Waals surface area (Å²) in [6.45, 7) is 7.23. The molecule has 20 heavy (non-hydrogen) atoms. The Kier molecular flexibility index (Phi) is 5.53. The third-order valence-corrected chi connectivity index (χ3v) is 4.09. The third kappa shape index (κ3) is 4.30. The number of nitrogens with zero attached hydrogens (tertiary/aromatic N) is 2. The Morgan fingerprint density at radius 2 is 2.00 bits per heavy atom. The molecule has 2 rings (SSSR count). The van der Waals surface area contributed by atoms with Crippen LogP contribution in [0.15, 0.2) is 24.5 Å². The molecular weight excluding hydrogens is 250 g/mol. The van der Waals surface area contributed by atoms with Crippen LogP contribution in [0.25, 0.3) is 0 Å². The fourth-order valence-corrected chi connectivity index (χ4v) is 2.70. The minimum atomic E-state index is 0.197. The fraction of sp³-hybridized carbons (Fsp3) is 0.625. The molecule has 1 N–H and O–H groups in total. The van der Waals surface area contributed by atoms with E-state index >= 15 is 0 Å². The van der Waals surface area contributed by atoms with Gasteiger partial charge in [-0.15, -0.1) is 0 Å². The van der Waals surface area contributed by atoms with Crippen molar-refractivity contribution in [1.29, 1.82) is 0 Å². The molecule has 4 heteroatoms. The third-order valence-electron chi connectivity index (χ3n) is 4.09. The average Bonchev–Trinajstić information content (AvgIpc) is 2.48. The van der Waals surface area contributed by atoms with Gasteiger partial charge in [-0.05, 0) is 63.9 Å². The summed E-state index contributed by atoms with van der Waals surface area (Å²) in [5.74, 6) is 0.421. The van der Waals surface area contributed by atoms with Crippen molar-refractivity contribution in [3.63, 3.8) is 0 Å². The Morgan fingerprint density at radius 1 is 1.35 bits per heavy atom. The average molecular weight is 275 g/mol. The number of hydrogen-bond donors (Lipinski definition) is 1. The molecule has 1 fully saturated rings. The first-order chi connectivity index (χ1) is 9.66. The Labute approximate surface area is 121 Å². The van der Waals surface area contributed by atoms with Crippen molar-refractivity contribution in [2.24, 2.45) is 5.92 Å². The maximum Gasteiger partial charge on any atom is 0.223 e. The second-order valence-corrected chi connectivity index (χ2v) is 5.80. The topological polar surface area (TPSA) is 45.2 Å². The smallest absolute Gasteiger partial charge is 0.223 e. The lowest BCUT2D eigenvalue weighted by Gasteiger charge is -2.33. The lowest BCUT2D eigenvalue weighted by atomic mass is 9.95. The van der Waals surface area contributed by atoms with E-state index in [1.807, 2.05) is 12.1 Å². The van der Waals surface area contributed by atoms with Gasteiger partial charge in [0.15, 0.2) is 0 Å². The summed E-state index contributed by atoms with van der Waals surface area (Å²) in [5, 5.41) is 3.07. The first-order valence-corrected chi connectivity index (χ1v) is 7.57. The molecule has 0 radical (unpaired) electrons. The van der Waals surface area contributed by atoms with Gasteiger partial charge in [-0.3, -0.25) is 9.78 Å². The van der Waals surface area contributed by atoms with Gasteiger partial charge in [0.2, 0.25) is 5.91 Å². The summed E-state index contributed by atoms with van der Waals surface area (Å²) in [5.41, 5.74) is 1.22.